The van der Waals surface area contributed by atoms with Crippen molar-refractivity contribution in [3.05, 3.63) is 36.9 Å². The third kappa shape index (κ3) is 2.29. The fourth-order valence-corrected chi connectivity index (χ4v) is 1.56. The summed E-state index contributed by atoms with van der Waals surface area (Å²) in [5.74, 6) is 0. The molecule has 0 aliphatic carbocycles. The van der Waals surface area contributed by atoms with Crippen molar-refractivity contribution in [2.75, 3.05) is 6.61 Å². The molecular weight excluding hydrogens is 206 g/mol. The number of aromatic nitrogens is 4. The van der Waals surface area contributed by atoms with Crippen LogP contribution in [0.5, 0.6) is 0 Å². The second kappa shape index (κ2) is 4.91. The SMILES string of the molecule is NC(CO)c1cncn1CCn1ccnc1. The van der Waals surface area contributed by atoms with E-state index in [4.69, 9.17) is 10.8 Å². The van der Waals surface area contributed by atoms with E-state index < -0.39 is 0 Å². The van der Waals surface area contributed by atoms with Gasteiger partial charge in [0.05, 0.1) is 31.0 Å². The zero-order valence-electron chi connectivity index (χ0n) is 8.90. The van der Waals surface area contributed by atoms with Crippen LogP contribution in [0.15, 0.2) is 31.2 Å². The van der Waals surface area contributed by atoms with Gasteiger partial charge in [0.1, 0.15) is 0 Å². The lowest BCUT2D eigenvalue weighted by Crippen LogP contribution is -2.19. The maximum atomic E-state index is 9.00. The molecule has 2 heterocycles. The van der Waals surface area contributed by atoms with E-state index in [-0.39, 0.29) is 12.6 Å². The molecule has 1 unspecified atom stereocenters. The predicted octanol–water partition coefficient (Wildman–Crippen LogP) is -0.228. The number of imidazole rings is 2. The largest absolute Gasteiger partial charge is 0.394 e. The molecule has 2 rings (SSSR count). The van der Waals surface area contributed by atoms with Gasteiger partial charge in [0.25, 0.3) is 0 Å². The van der Waals surface area contributed by atoms with Crippen LogP contribution in [-0.2, 0) is 13.1 Å². The van der Waals surface area contributed by atoms with Gasteiger partial charge in [-0.2, -0.15) is 0 Å². The summed E-state index contributed by atoms with van der Waals surface area (Å²) in [5.41, 5.74) is 6.61. The third-order valence-corrected chi connectivity index (χ3v) is 2.48. The quantitative estimate of drug-likeness (QED) is 0.730. The minimum Gasteiger partial charge on any atom is -0.394 e. The van der Waals surface area contributed by atoms with Crippen molar-refractivity contribution in [3.8, 4) is 0 Å². The monoisotopic (exact) mass is 221 g/mol. The Kier molecular flexibility index (Phi) is 3.33. The Morgan fingerprint density at radius 1 is 1.31 bits per heavy atom. The topological polar surface area (TPSA) is 81.9 Å². The van der Waals surface area contributed by atoms with E-state index in [2.05, 4.69) is 9.97 Å². The molecule has 6 nitrogen and oxygen atoms in total. The Balaban J connectivity index is 2.01. The molecule has 0 amide bonds. The summed E-state index contributed by atoms with van der Waals surface area (Å²) in [6.07, 6.45) is 8.83. The van der Waals surface area contributed by atoms with Gasteiger partial charge in [-0.15, -0.1) is 0 Å². The average molecular weight is 221 g/mol. The summed E-state index contributed by atoms with van der Waals surface area (Å²) in [6, 6.07) is -0.370. The third-order valence-electron chi connectivity index (χ3n) is 2.48. The van der Waals surface area contributed by atoms with Crippen LogP contribution in [0.25, 0.3) is 0 Å². The Morgan fingerprint density at radius 2 is 2.19 bits per heavy atom. The van der Waals surface area contributed by atoms with Gasteiger partial charge in [-0.1, -0.05) is 0 Å². The van der Waals surface area contributed by atoms with Gasteiger partial charge >= 0.3 is 0 Å². The summed E-state index contributed by atoms with van der Waals surface area (Å²) in [5, 5.41) is 9.00. The highest BCUT2D eigenvalue weighted by molar-refractivity contribution is 5.04. The molecule has 0 radical (unpaired) electrons. The van der Waals surface area contributed by atoms with E-state index in [1.807, 2.05) is 15.3 Å². The number of rotatable bonds is 5. The number of nitrogens with zero attached hydrogens (tertiary/aromatic N) is 4. The van der Waals surface area contributed by atoms with Gasteiger partial charge in [0.15, 0.2) is 0 Å². The lowest BCUT2D eigenvalue weighted by atomic mass is 10.2. The van der Waals surface area contributed by atoms with Crippen LogP contribution >= 0.6 is 0 Å². The molecule has 1 atom stereocenters. The predicted molar refractivity (Wildman–Crippen MR) is 58.5 cm³/mol. The first kappa shape index (κ1) is 10.8. The molecule has 3 N–H and O–H groups in total. The highest BCUT2D eigenvalue weighted by Crippen LogP contribution is 2.09. The molecule has 0 fully saturated rings. The van der Waals surface area contributed by atoms with Gasteiger partial charge in [-0.3, -0.25) is 0 Å². The summed E-state index contributed by atoms with van der Waals surface area (Å²) in [4.78, 5) is 8.01. The van der Waals surface area contributed by atoms with Crippen LogP contribution in [0, 0.1) is 0 Å². The summed E-state index contributed by atoms with van der Waals surface area (Å²) in [7, 11) is 0. The molecular formula is C10H15N5O. The van der Waals surface area contributed by atoms with Crippen molar-refractivity contribution in [1.82, 2.24) is 19.1 Å². The van der Waals surface area contributed by atoms with Gasteiger partial charge in [-0.25, -0.2) is 9.97 Å². The fourth-order valence-electron chi connectivity index (χ4n) is 1.56. The average Bonchev–Trinajstić information content (AvgIpc) is 2.96. The molecule has 2 aromatic rings. The molecule has 16 heavy (non-hydrogen) atoms. The minimum atomic E-state index is -0.370. The lowest BCUT2D eigenvalue weighted by Gasteiger charge is -2.12. The van der Waals surface area contributed by atoms with Crippen molar-refractivity contribution < 1.29 is 5.11 Å². The molecule has 2 aromatic heterocycles. The molecule has 0 spiro atoms. The number of hydrogen-bond acceptors (Lipinski definition) is 4. The Morgan fingerprint density at radius 3 is 2.88 bits per heavy atom. The number of nitrogens with two attached hydrogens (primary N) is 1. The lowest BCUT2D eigenvalue weighted by molar-refractivity contribution is 0.262. The normalized spacial score (nSPS) is 12.9. The smallest absolute Gasteiger partial charge is 0.0949 e. The summed E-state index contributed by atoms with van der Waals surface area (Å²) in [6.45, 7) is 1.50. The van der Waals surface area contributed by atoms with Gasteiger partial charge < -0.3 is 20.0 Å². The first-order chi connectivity index (χ1) is 7.81. The molecule has 0 saturated carbocycles. The van der Waals surface area contributed by atoms with E-state index in [1.54, 1.807) is 25.0 Å². The van der Waals surface area contributed by atoms with Crippen LogP contribution in [0.3, 0.4) is 0 Å². The van der Waals surface area contributed by atoms with Crippen LogP contribution in [-0.4, -0.2) is 30.8 Å². The molecule has 0 bridgehead atoms. The molecule has 0 saturated heterocycles. The second-order valence-electron chi connectivity index (χ2n) is 3.60. The first-order valence-electron chi connectivity index (χ1n) is 5.13. The van der Waals surface area contributed by atoms with Gasteiger partial charge in [-0.05, 0) is 0 Å². The zero-order chi connectivity index (χ0) is 11.4. The van der Waals surface area contributed by atoms with E-state index in [0.29, 0.717) is 0 Å². The van der Waals surface area contributed by atoms with E-state index in [9.17, 15) is 0 Å². The highest BCUT2D eigenvalue weighted by atomic mass is 16.3. The number of aliphatic hydroxyl groups excluding tert-OH is 1. The van der Waals surface area contributed by atoms with E-state index >= 15 is 0 Å². The summed E-state index contributed by atoms with van der Waals surface area (Å²) < 4.78 is 3.93. The van der Waals surface area contributed by atoms with E-state index in [1.165, 1.54) is 0 Å². The molecule has 0 aliphatic heterocycles. The fraction of sp³-hybridized carbons (Fsp3) is 0.400. The first-order valence-corrected chi connectivity index (χ1v) is 5.13. The molecule has 0 aromatic carbocycles. The van der Waals surface area contributed by atoms with Crippen LogP contribution in [0.4, 0.5) is 0 Å². The van der Waals surface area contributed by atoms with Crippen LogP contribution in [0.1, 0.15) is 11.7 Å². The standard InChI is InChI=1S/C10H15N5O/c11-9(6-16)10-5-13-8-15(10)4-3-14-2-1-12-7-14/h1-2,5,7-9,16H,3-4,6,11H2. The maximum Gasteiger partial charge on any atom is 0.0949 e. The van der Waals surface area contributed by atoms with Crippen LogP contribution < -0.4 is 5.73 Å². The van der Waals surface area contributed by atoms with Gasteiger partial charge in [0.2, 0.25) is 0 Å². The van der Waals surface area contributed by atoms with Crippen molar-refractivity contribution in [1.29, 1.82) is 0 Å². The summed E-state index contributed by atoms with van der Waals surface area (Å²) >= 11 is 0. The minimum absolute atomic E-state index is 0.0727. The number of hydrogen-bond donors (Lipinski definition) is 2. The van der Waals surface area contributed by atoms with Crippen molar-refractivity contribution >= 4 is 0 Å². The molecule has 6 heteroatoms. The molecule has 0 aliphatic rings. The number of aliphatic hydroxyl groups is 1. The van der Waals surface area contributed by atoms with E-state index in [0.717, 1.165) is 18.8 Å². The van der Waals surface area contributed by atoms with Gasteiger partial charge in [0, 0.05) is 31.7 Å². The van der Waals surface area contributed by atoms with Crippen LogP contribution in [0.2, 0.25) is 0 Å². The van der Waals surface area contributed by atoms with Crippen molar-refractivity contribution in [3.63, 3.8) is 0 Å². The maximum absolute atomic E-state index is 9.00. The Labute approximate surface area is 93.4 Å². The zero-order valence-corrected chi connectivity index (χ0v) is 8.90. The van der Waals surface area contributed by atoms with Crippen molar-refractivity contribution in [2.24, 2.45) is 5.73 Å². The second-order valence-corrected chi connectivity index (χ2v) is 3.60. The Bertz CT molecular complexity index is 422. The Hall–Kier alpha value is -1.66. The van der Waals surface area contributed by atoms with Crippen molar-refractivity contribution in [2.45, 2.75) is 19.1 Å². The number of aryl methyl sites for hydroxylation is 2. The molecule has 86 valence electrons. The highest BCUT2D eigenvalue weighted by Gasteiger charge is 2.09.